The highest BCUT2D eigenvalue weighted by Gasteiger charge is 2.23. The number of nitrogens with one attached hydrogen (secondary N) is 2. The van der Waals surface area contributed by atoms with E-state index in [0.29, 0.717) is 22.8 Å². The first-order chi connectivity index (χ1) is 16.2. The van der Waals surface area contributed by atoms with Gasteiger partial charge in [0.25, 0.3) is 0 Å². The third-order valence-electron chi connectivity index (χ3n) is 5.04. The number of hydrogen-bond donors (Lipinski definition) is 2. The van der Waals surface area contributed by atoms with Crippen LogP contribution in [0.3, 0.4) is 0 Å². The number of imidazole rings is 2. The zero-order chi connectivity index (χ0) is 22.8. The summed E-state index contributed by atoms with van der Waals surface area (Å²) in [5.41, 5.74) is 2.71. The van der Waals surface area contributed by atoms with Gasteiger partial charge in [0, 0.05) is 18.0 Å². The van der Waals surface area contributed by atoms with E-state index in [4.69, 9.17) is 4.74 Å². The molecule has 2 amide bonds. The summed E-state index contributed by atoms with van der Waals surface area (Å²) in [6, 6.07) is 20.0. The zero-order valence-electron chi connectivity index (χ0n) is 17.7. The van der Waals surface area contributed by atoms with Gasteiger partial charge in [-0.25, -0.2) is 19.6 Å². The Morgan fingerprint density at radius 2 is 1.42 bits per heavy atom. The molecule has 0 aliphatic heterocycles. The molecule has 4 heterocycles. The van der Waals surface area contributed by atoms with Gasteiger partial charge in [-0.05, 0) is 31.2 Å². The summed E-state index contributed by atoms with van der Waals surface area (Å²) in [6.07, 6.45) is 3.53. The van der Waals surface area contributed by atoms with Crippen LogP contribution in [0.2, 0.25) is 0 Å². The van der Waals surface area contributed by atoms with Crippen LogP contribution in [0.25, 0.3) is 22.6 Å². The number of fused-ring (bicyclic) bond motifs is 2. The molecular weight excluding hydrogens is 420 g/mol. The minimum absolute atomic E-state index is 0.0274. The number of anilines is 2. The van der Waals surface area contributed by atoms with Crippen LogP contribution in [0.15, 0.2) is 79.1 Å². The third kappa shape index (κ3) is 3.76. The number of esters is 1. The van der Waals surface area contributed by atoms with Crippen molar-refractivity contribution in [2.24, 2.45) is 0 Å². The van der Waals surface area contributed by atoms with E-state index < -0.39 is 12.0 Å². The predicted octanol–water partition coefficient (Wildman–Crippen LogP) is 4.47. The molecule has 1 aromatic carbocycles. The number of carbonyl (C=O) groups excluding carboxylic acids is 2. The van der Waals surface area contributed by atoms with Crippen LogP contribution in [0.5, 0.6) is 0 Å². The topological polar surface area (TPSA) is 102 Å². The molecule has 0 fully saturated rings. The lowest BCUT2D eigenvalue weighted by Gasteiger charge is -2.10. The van der Waals surface area contributed by atoms with Crippen molar-refractivity contribution in [3.05, 3.63) is 84.8 Å². The van der Waals surface area contributed by atoms with Crippen LogP contribution in [-0.2, 0) is 4.74 Å². The quantitative estimate of drug-likeness (QED) is 0.393. The van der Waals surface area contributed by atoms with E-state index >= 15 is 0 Å². The standard InChI is InChI=1S/C24H20N6O3/c1-2-33-23(31)20-22(30-15-9-7-13-18(30)26-20)28-24(32)27-21-19(16-10-4-3-5-11-16)25-17-12-6-8-14-29(17)21/h3-15H,2H2,1H3,(H2,27,28,32). The molecule has 9 heteroatoms. The van der Waals surface area contributed by atoms with Gasteiger partial charge in [-0.15, -0.1) is 0 Å². The molecule has 164 valence electrons. The minimum Gasteiger partial charge on any atom is -0.461 e. The maximum atomic E-state index is 13.1. The zero-order valence-corrected chi connectivity index (χ0v) is 17.7. The highest BCUT2D eigenvalue weighted by Crippen LogP contribution is 2.29. The van der Waals surface area contributed by atoms with Gasteiger partial charge in [0.2, 0.25) is 0 Å². The Kier molecular flexibility index (Phi) is 5.19. The van der Waals surface area contributed by atoms with Crippen molar-refractivity contribution in [1.82, 2.24) is 18.8 Å². The Morgan fingerprint density at radius 3 is 2.12 bits per heavy atom. The fourth-order valence-corrected chi connectivity index (χ4v) is 3.62. The first-order valence-electron chi connectivity index (χ1n) is 10.4. The molecule has 0 saturated carbocycles. The second kappa shape index (κ2) is 8.46. The van der Waals surface area contributed by atoms with Crippen LogP contribution in [0.4, 0.5) is 16.4 Å². The number of amides is 2. The van der Waals surface area contributed by atoms with Gasteiger partial charge in [-0.2, -0.15) is 0 Å². The molecule has 0 spiro atoms. The lowest BCUT2D eigenvalue weighted by molar-refractivity contribution is 0.0521. The minimum atomic E-state index is -0.615. The van der Waals surface area contributed by atoms with E-state index in [-0.39, 0.29) is 18.1 Å². The maximum Gasteiger partial charge on any atom is 0.360 e. The van der Waals surface area contributed by atoms with Crippen molar-refractivity contribution in [2.45, 2.75) is 6.92 Å². The number of pyridine rings is 2. The van der Waals surface area contributed by atoms with Crippen LogP contribution in [0.1, 0.15) is 17.4 Å². The van der Waals surface area contributed by atoms with Crippen LogP contribution in [-0.4, -0.2) is 37.4 Å². The van der Waals surface area contributed by atoms with E-state index in [1.54, 1.807) is 40.1 Å². The molecule has 2 N–H and O–H groups in total. The van der Waals surface area contributed by atoms with E-state index in [0.717, 1.165) is 5.56 Å². The summed E-state index contributed by atoms with van der Waals surface area (Å²) in [5, 5.41) is 5.65. The number of benzene rings is 1. The van der Waals surface area contributed by atoms with Crippen molar-refractivity contribution in [2.75, 3.05) is 17.2 Å². The van der Waals surface area contributed by atoms with Crippen molar-refractivity contribution in [3.63, 3.8) is 0 Å². The summed E-state index contributed by atoms with van der Waals surface area (Å²) in [4.78, 5) is 34.6. The highest BCUT2D eigenvalue weighted by molar-refractivity contribution is 6.05. The SMILES string of the molecule is CCOC(=O)c1nc2ccccn2c1NC(=O)Nc1c(-c2ccccc2)nc2ccccn12. The summed E-state index contributed by atoms with van der Waals surface area (Å²) < 4.78 is 8.54. The van der Waals surface area contributed by atoms with Gasteiger partial charge in [-0.1, -0.05) is 42.5 Å². The van der Waals surface area contributed by atoms with Crippen LogP contribution in [0, 0.1) is 0 Å². The molecule has 0 unspecified atom stereocenters. The molecule has 0 atom stereocenters. The third-order valence-corrected chi connectivity index (χ3v) is 5.04. The van der Waals surface area contributed by atoms with Crippen molar-refractivity contribution >= 4 is 34.9 Å². The number of urea groups is 1. The lowest BCUT2D eigenvalue weighted by Crippen LogP contribution is -2.23. The Balaban J connectivity index is 1.53. The number of rotatable bonds is 5. The molecule has 0 radical (unpaired) electrons. The van der Waals surface area contributed by atoms with Gasteiger partial charge in [0.05, 0.1) is 6.61 Å². The molecule has 33 heavy (non-hydrogen) atoms. The molecule has 0 aliphatic carbocycles. The molecule has 4 aromatic heterocycles. The first-order valence-corrected chi connectivity index (χ1v) is 10.4. The van der Waals surface area contributed by atoms with E-state index in [2.05, 4.69) is 20.6 Å². The molecule has 0 bridgehead atoms. The van der Waals surface area contributed by atoms with Crippen molar-refractivity contribution in [3.8, 4) is 11.3 Å². The Morgan fingerprint density at radius 1 is 0.818 bits per heavy atom. The monoisotopic (exact) mass is 440 g/mol. The first kappa shape index (κ1) is 20.3. The number of hydrogen-bond acceptors (Lipinski definition) is 5. The van der Waals surface area contributed by atoms with Crippen molar-refractivity contribution in [1.29, 1.82) is 0 Å². The number of ether oxygens (including phenoxy) is 1. The average Bonchev–Trinajstić information content (AvgIpc) is 3.39. The summed E-state index contributed by atoms with van der Waals surface area (Å²) in [7, 11) is 0. The van der Waals surface area contributed by atoms with E-state index in [1.807, 2.05) is 54.7 Å². The molecule has 0 saturated heterocycles. The van der Waals surface area contributed by atoms with Gasteiger partial charge in [0.15, 0.2) is 11.5 Å². The second-order valence-corrected chi connectivity index (χ2v) is 7.14. The number of nitrogens with zero attached hydrogens (tertiary/aromatic N) is 4. The van der Waals surface area contributed by atoms with Crippen molar-refractivity contribution < 1.29 is 14.3 Å². The van der Waals surface area contributed by atoms with Gasteiger partial charge in [0.1, 0.15) is 22.8 Å². The van der Waals surface area contributed by atoms with Crippen LogP contribution >= 0.6 is 0 Å². The Labute approximate surface area is 188 Å². The summed E-state index contributed by atoms with van der Waals surface area (Å²) in [6.45, 7) is 1.91. The van der Waals surface area contributed by atoms with Gasteiger partial charge in [-0.3, -0.25) is 19.4 Å². The van der Waals surface area contributed by atoms with E-state index in [1.165, 1.54) is 0 Å². The molecule has 9 nitrogen and oxygen atoms in total. The molecule has 5 aromatic rings. The fourth-order valence-electron chi connectivity index (χ4n) is 3.62. The lowest BCUT2D eigenvalue weighted by atomic mass is 10.1. The van der Waals surface area contributed by atoms with Gasteiger partial charge < -0.3 is 4.74 Å². The second-order valence-electron chi connectivity index (χ2n) is 7.14. The number of carbonyl (C=O) groups is 2. The smallest absolute Gasteiger partial charge is 0.360 e. The Bertz CT molecular complexity index is 1470. The molecular formula is C24H20N6O3. The molecule has 0 aliphatic rings. The van der Waals surface area contributed by atoms with E-state index in [9.17, 15) is 9.59 Å². The Hall–Kier alpha value is -4.66. The summed E-state index contributed by atoms with van der Waals surface area (Å²) >= 11 is 0. The predicted molar refractivity (Wildman–Crippen MR) is 124 cm³/mol. The maximum absolute atomic E-state index is 13.1. The highest BCUT2D eigenvalue weighted by atomic mass is 16.5. The molecule has 5 rings (SSSR count). The fraction of sp³-hybridized carbons (Fsp3) is 0.0833. The van der Waals surface area contributed by atoms with Gasteiger partial charge >= 0.3 is 12.0 Å². The largest absolute Gasteiger partial charge is 0.461 e. The summed E-state index contributed by atoms with van der Waals surface area (Å²) in [5.74, 6) is 0.105. The van der Waals surface area contributed by atoms with Crippen LogP contribution < -0.4 is 10.6 Å². The average molecular weight is 440 g/mol. The number of aromatic nitrogens is 4. The normalized spacial score (nSPS) is 10.9.